The standard InChI is InChI=1S/C17H28N2O2/c1-4-19(12-14-6-5-9-18-11-14)13-15-10-16(20-2)7-8-17(15)21-3/h7-8,10,14,18H,4-6,9,11-13H2,1-3H3. The van der Waals surface area contributed by atoms with Crippen molar-refractivity contribution in [1.29, 1.82) is 0 Å². The lowest BCUT2D eigenvalue weighted by molar-refractivity contribution is 0.207. The van der Waals surface area contributed by atoms with Gasteiger partial charge in [0.15, 0.2) is 0 Å². The van der Waals surface area contributed by atoms with Gasteiger partial charge in [0, 0.05) is 18.7 Å². The zero-order valence-electron chi connectivity index (χ0n) is 13.5. The lowest BCUT2D eigenvalue weighted by Gasteiger charge is -2.29. The van der Waals surface area contributed by atoms with Crippen LogP contribution in [0.3, 0.4) is 0 Å². The van der Waals surface area contributed by atoms with Crippen LogP contribution in [-0.4, -0.2) is 45.3 Å². The summed E-state index contributed by atoms with van der Waals surface area (Å²) in [5.74, 6) is 2.59. The van der Waals surface area contributed by atoms with Crippen LogP contribution in [0.25, 0.3) is 0 Å². The number of nitrogens with one attached hydrogen (secondary N) is 1. The second-order valence-corrected chi connectivity index (χ2v) is 5.72. The summed E-state index contributed by atoms with van der Waals surface area (Å²) in [5, 5.41) is 3.50. The first-order valence-electron chi connectivity index (χ1n) is 7.90. The van der Waals surface area contributed by atoms with Crippen molar-refractivity contribution in [2.45, 2.75) is 26.3 Å². The van der Waals surface area contributed by atoms with Crippen LogP contribution in [0.4, 0.5) is 0 Å². The van der Waals surface area contributed by atoms with E-state index < -0.39 is 0 Å². The van der Waals surface area contributed by atoms with E-state index in [1.54, 1.807) is 14.2 Å². The Bertz CT molecular complexity index is 431. The smallest absolute Gasteiger partial charge is 0.123 e. The van der Waals surface area contributed by atoms with Crippen LogP contribution >= 0.6 is 0 Å². The van der Waals surface area contributed by atoms with E-state index in [1.165, 1.54) is 24.9 Å². The van der Waals surface area contributed by atoms with Crippen LogP contribution in [0.5, 0.6) is 11.5 Å². The summed E-state index contributed by atoms with van der Waals surface area (Å²) in [5.41, 5.74) is 1.20. The largest absolute Gasteiger partial charge is 0.497 e. The highest BCUT2D eigenvalue weighted by atomic mass is 16.5. The molecule has 1 unspecified atom stereocenters. The van der Waals surface area contributed by atoms with Crippen molar-refractivity contribution in [2.24, 2.45) is 5.92 Å². The van der Waals surface area contributed by atoms with Gasteiger partial charge >= 0.3 is 0 Å². The van der Waals surface area contributed by atoms with E-state index in [0.29, 0.717) is 0 Å². The molecule has 4 nitrogen and oxygen atoms in total. The molecule has 0 bridgehead atoms. The summed E-state index contributed by atoms with van der Waals surface area (Å²) >= 11 is 0. The van der Waals surface area contributed by atoms with Gasteiger partial charge < -0.3 is 14.8 Å². The molecule has 1 aromatic rings. The molecule has 1 aliphatic rings. The Labute approximate surface area is 128 Å². The van der Waals surface area contributed by atoms with Crippen molar-refractivity contribution in [1.82, 2.24) is 10.2 Å². The molecule has 1 heterocycles. The summed E-state index contributed by atoms with van der Waals surface area (Å²) in [6.07, 6.45) is 2.63. The van der Waals surface area contributed by atoms with Gasteiger partial charge in [-0.1, -0.05) is 6.92 Å². The van der Waals surface area contributed by atoms with Crippen LogP contribution in [0.15, 0.2) is 18.2 Å². The van der Waals surface area contributed by atoms with E-state index in [4.69, 9.17) is 9.47 Å². The van der Waals surface area contributed by atoms with Crippen LogP contribution in [0, 0.1) is 5.92 Å². The predicted molar refractivity (Wildman–Crippen MR) is 86.1 cm³/mol. The predicted octanol–water partition coefficient (Wildman–Crippen LogP) is 2.53. The Hall–Kier alpha value is -1.26. The molecule has 0 spiro atoms. The molecule has 4 heteroatoms. The average molecular weight is 292 g/mol. The number of ether oxygens (including phenoxy) is 2. The Morgan fingerprint density at radius 2 is 2.14 bits per heavy atom. The van der Waals surface area contributed by atoms with Crippen molar-refractivity contribution in [3.63, 3.8) is 0 Å². The summed E-state index contributed by atoms with van der Waals surface area (Å²) < 4.78 is 10.8. The van der Waals surface area contributed by atoms with Crippen molar-refractivity contribution in [3.8, 4) is 11.5 Å². The summed E-state index contributed by atoms with van der Waals surface area (Å²) in [6, 6.07) is 6.02. The van der Waals surface area contributed by atoms with Crippen LogP contribution in [0.1, 0.15) is 25.3 Å². The highest BCUT2D eigenvalue weighted by molar-refractivity contribution is 5.40. The Morgan fingerprint density at radius 1 is 1.29 bits per heavy atom. The molecule has 1 atom stereocenters. The monoisotopic (exact) mass is 292 g/mol. The van der Waals surface area contributed by atoms with Gasteiger partial charge in [0.25, 0.3) is 0 Å². The lowest BCUT2D eigenvalue weighted by atomic mass is 9.99. The Balaban J connectivity index is 2.02. The minimum atomic E-state index is 0.760. The maximum absolute atomic E-state index is 5.49. The highest BCUT2D eigenvalue weighted by Gasteiger charge is 2.17. The molecule has 0 saturated carbocycles. The molecule has 1 fully saturated rings. The zero-order valence-corrected chi connectivity index (χ0v) is 13.5. The van der Waals surface area contributed by atoms with Crippen molar-refractivity contribution in [3.05, 3.63) is 23.8 Å². The lowest BCUT2D eigenvalue weighted by Crippen LogP contribution is -2.38. The number of methoxy groups -OCH3 is 2. The number of piperidine rings is 1. The molecule has 0 amide bonds. The molecule has 1 N–H and O–H groups in total. The summed E-state index contributed by atoms with van der Waals surface area (Å²) in [6.45, 7) is 7.65. The van der Waals surface area contributed by atoms with Gasteiger partial charge in [0.2, 0.25) is 0 Å². The third-order valence-corrected chi connectivity index (χ3v) is 4.24. The average Bonchev–Trinajstić information content (AvgIpc) is 2.55. The van der Waals surface area contributed by atoms with Crippen molar-refractivity contribution in [2.75, 3.05) is 40.4 Å². The normalized spacial score (nSPS) is 18.8. The van der Waals surface area contributed by atoms with Gasteiger partial charge in [-0.2, -0.15) is 0 Å². The molecular formula is C17H28N2O2. The quantitative estimate of drug-likeness (QED) is 0.837. The Morgan fingerprint density at radius 3 is 2.76 bits per heavy atom. The number of hydrogen-bond donors (Lipinski definition) is 1. The maximum atomic E-state index is 5.49. The number of hydrogen-bond acceptors (Lipinski definition) is 4. The van der Waals surface area contributed by atoms with Crippen molar-refractivity contribution >= 4 is 0 Å². The molecule has 2 rings (SSSR count). The highest BCUT2D eigenvalue weighted by Crippen LogP contribution is 2.25. The SMILES string of the molecule is CCN(Cc1cc(OC)ccc1OC)CC1CCCNC1. The second-order valence-electron chi connectivity index (χ2n) is 5.72. The molecule has 118 valence electrons. The third-order valence-electron chi connectivity index (χ3n) is 4.24. The van der Waals surface area contributed by atoms with Gasteiger partial charge in [-0.15, -0.1) is 0 Å². The second kappa shape index (κ2) is 8.25. The van der Waals surface area contributed by atoms with Gasteiger partial charge in [0.1, 0.15) is 11.5 Å². The Kier molecular flexibility index (Phi) is 6.33. The number of benzene rings is 1. The molecule has 0 aliphatic carbocycles. The third kappa shape index (κ3) is 4.61. The molecule has 1 saturated heterocycles. The fourth-order valence-electron chi connectivity index (χ4n) is 3.00. The van der Waals surface area contributed by atoms with E-state index in [-0.39, 0.29) is 0 Å². The zero-order chi connectivity index (χ0) is 15.1. The summed E-state index contributed by atoms with van der Waals surface area (Å²) in [4.78, 5) is 2.50. The van der Waals surface area contributed by atoms with Crippen LogP contribution in [0.2, 0.25) is 0 Å². The number of nitrogens with zero attached hydrogens (tertiary/aromatic N) is 1. The van der Waals surface area contributed by atoms with E-state index >= 15 is 0 Å². The van der Waals surface area contributed by atoms with Gasteiger partial charge in [-0.25, -0.2) is 0 Å². The molecule has 1 aliphatic heterocycles. The number of rotatable bonds is 7. The van der Waals surface area contributed by atoms with Gasteiger partial charge in [0.05, 0.1) is 14.2 Å². The van der Waals surface area contributed by atoms with Crippen LogP contribution < -0.4 is 14.8 Å². The molecule has 0 radical (unpaired) electrons. The van der Waals surface area contributed by atoms with E-state index in [2.05, 4.69) is 23.2 Å². The fraction of sp³-hybridized carbons (Fsp3) is 0.647. The van der Waals surface area contributed by atoms with E-state index in [9.17, 15) is 0 Å². The first kappa shape index (κ1) is 16.1. The first-order chi connectivity index (χ1) is 10.3. The molecule has 1 aromatic carbocycles. The van der Waals surface area contributed by atoms with E-state index in [1.807, 2.05) is 12.1 Å². The topological polar surface area (TPSA) is 33.7 Å². The fourth-order valence-corrected chi connectivity index (χ4v) is 3.00. The maximum Gasteiger partial charge on any atom is 0.123 e. The summed E-state index contributed by atoms with van der Waals surface area (Å²) in [7, 11) is 3.43. The molecular weight excluding hydrogens is 264 g/mol. The van der Waals surface area contributed by atoms with Gasteiger partial charge in [-0.05, 0) is 56.6 Å². The molecule has 21 heavy (non-hydrogen) atoms. The van der Waals surface area contributed by atoms with Gasteiger partial charge in [-0.3, -0.25) is 4.90 Å². The van der Waals surface area contributed by atoms with Crippen molar-refractivity contribution < 1.29 is 9.47 Å². The molecule has 0 aromatic heterocycles. The minimum Gasteiger partial charge on any atom is -0.497 e. The minimum absolute atomic E-state index is 0.760. The van der Waals surface area contributed by atoms with Crippen LogP contribution in [-0.2, 0) is 6.54 Å². The first-order valence-corrected chi connectivity index (χ1v) is 7.90. The van der Waals surface area contributed by atoms with E-state index in [0.717, 1.165) is 43.6 Å².